The van der Waals surface area contributed by atoms with E-state index in [9.17, 15) is 4.79 Å². The lowest BCUT2D eigenvalue weighted by Gasteiger charge is -2.05. The van der Waals surface area contributed by atoms with Crippen LogP contribution in [0.5, 0.6) is 0 Å². The number of fused-ring (bicyclic) bond motifs is 1. The number of aliphatic hydroxyl groups is 1. The molecule has 19 heavy (non-hydrogen) atoms. The van der Waals surface area contributed by atoms with Crippen molar-refractivity contribution in [3.8, 4) is 0 Å². The second kappa shape index (κ2) is 5.50. The quantitative estimate of drug-likeness (QED) is 0.509. The predicted octanol–water partition coefficient (Wildman–Crippen LogP) is 1.25. The van der Waals surface area contributed by atoms with Crippen LogP contribution in [0.15, 0.2) is 5.10 Å². The topological polar surface area (TPSA) is 70.7 Å². The smallest absolute Gasteiger partial charge is 0.229 e. The zero-order valence-corrected chi connectivity index (χ0v) is 11.9. The molecule has 0 aliphatic rings. The van der Waals surface area contributed by atoms with Gasteiger partial charge in [-0.2, -0.15) is 5.10 Å². The number of rotatable bonds is 5. The number of hydrazone groups is 1. The minimum atomic E-state index is -0.0651. The van der Waals surface area contributed by atoms with Gasteiger partial charge in [0, 0.05) is 24.8 Å². The number of aliphatic hydroxyl groups excluding tert-OH is 1. The highest BCUT2D eigenvalue weighted by Crippen LogP contribution is 2.29. The maximum absolute atomic E-state index is 10.7. The zero-order valence-electron chi connectivity index (χ0n) is 11.1. The largest absolute Gasteiger partial charge is 0.389 e. The normalized spacial score (nSPS) is 11.6. The Morgan fingerprint density at radius 1 is 1.58 bits per heavy atom. The summed E-state index contributed by atoms with van der Waals surface area (Å²) in [5, 5.41) is 15.3. The van der Waals surface area contributed by atoms with Crippen LogP contribution in [0.2, 0.25) is 0 Å². The Bertz CT molecular complexity index is 629. The summed E-state index contributed by atoms with van der Waals surface area (Å²) in [7, 11) is 1.92. The first-order valence-corrected chi connectivity index (χ1v) is 6.75. The van der Waals surface area contributed by atoms with E-state index in [1.807, 2.05) is 25.5 Å². The second-order valence-corrected chi connectivity index (χ2v) is 5.17. The van der Waals surface area contributed by atoms with Gasteiger partial charge in [-0.1, -0.05) is 0 Å². The van der Waals surface area contributed by atoms with Gasteiger partial charge in [-0.3, -0.25) is 4.79 Å². The first-order chi connectivity index (χ1) is 9.12. The Hall–Kier alpha value is -1.73. The number of carbonyl (C=O) groups is 1. The molecule has 1 N–H and O–H groups in total. The summed E-state index contributed by atoms with van der Waals surface area (Å²) >= 11 is 1.45. The number of hydrogen-bond donors (Lipinski definition) is 1. The zero-order chi connectivity index (χ0) is 14.0. The van der Waals surface area contributed by atoms with Gasteiger partial charge in [-0.25, -0.2) is 9.99 Å². The maximum Gasteiger partial charge on any atom is 0.229 e. The summed E-state index contributed by atoms with van der Waals surface area (Å²) in [5.41, 5.74) is 2.81. The fourth-order valence-corrected chi connectivity index (χ4v) is 2.81. The molecule has 6 nitrogen and oxygen atoms in total. The van der Waals surface area contributed by atoms with Crippen LogP contribution in [0, 0.1) is 6.92 Å². The number of carbonyl (C=O) groups excluding carboxylic acids is 1. The molecule has 0 radical (unpaired) electrons. The van der Waals surface area contributed by atoms with Crippen LogP contribution in [0.1, 0.15) is 23.2 Å². The minimum Gasteiger partial charge on any atom is -0.389 e. The summed E-state index contributed by atoms with van der Waals surface area (Å²) in [6, 6.07) is 0. The van der Waals surface area contributed by atoms with Crippen molar-refractivity contribution in [3.63, 3.8) is 0 Å². The molecule has 7 heteroatoms. The third kappa shape index (κ3) is 2.39. The summed E-state index contributed by atoms with van der Waals surface area (Å²) in [4.78, 5) is 15.1. The molecule has 2 aromatic heterocycles. The molecule has 0 aliphatic heterocycles. The number of nitrogens with zero attached hydrogens (tertiary/aromatic N) is 4. The van der Waals surface area contributed by atoms with Crippen molar-refractivity contribution in [2.24, 2.45) is 12.1 Å². The molecular formula is C12H16N4O2S. The van der Waals surface area contributed by atoms with Gasteiger partial charge in [-0.15, -0.1) is 11.3 Å². The van der Waals surface area contributed by atoms with E-state index >= 15 is 0 Å². The van der Waals surface area contributed by atoms with Gasteiger partial charge in [0.05, 0.1) is 17.5 Å². The van der Waals surface area contributed by atoms with Crippen molar-refractivity contribution in [1.82, 2.24) is 14.6 Å². The van der Waals surface area contributed by atoms with Crippen LogP contribution in [0.3, 0.4) is 0 Å². The van der Waals surface area contributed by atoms with E-state index in [0.29, 0.717) is 18.0 Å². The average molecular weight is 280 g/mol. The van der Waals surface area contributed by atoms with Crippen molar-refractivity contribution >= 4 is 34.3 Å². The highest BCUT2D eigenvalue weighted by atomic mass is 32.1. The number of amides is 1. The Morgan fingerprint density at radius 2 is 2.32 bits per heavy atom. The van der Waals surface area contributed by atoms with E-state index in [1.165, 1.54) is 16.3 Å². The third-order valence-corrected chi connectivity index (χ3v) is 4.09. The maximum atomic E-state index is 10.7. The molecule has 1 amide bonds. The SMILES string of the molecule is CCN(C=O)/N=C\c1c(C)n(C)c2nc(CO)sc12. The van der Waals surface area contributed by atoms with Crippen LogP contribution >= 0.6 is 11.3 Å². The molecule has 0 saturated heterocycles. The fourth-order valence-electron chi connectivity index (χ4n) is 1.80. The van der Waals surface area contributed by atoms with Crippen LogP contribution < -0.4 is 0 Å². The van der Waals surface area contributed by atoms with Gasteiger partial charge in [-0.05, 0) is 13.8 Å². The van der Waals surface area contributed by atoms with Crippen LogP contribution in [-0.4, -0.2) is 38.8 Å². The second-order valence-electron chi connectivity index (χ2n) is 4.08. The monoisotopic (exact) mass is 280 g/mol. The molecule has 0 saturated carbocycles. The molecule has 2 heterocycles. The van der Waals surface area contributed by atoms with Crippen LogP contribution in [-0.2, 0) is 18.4 Å². The number of hydrogen-bond acceptors (Lipinski definition) is 5. The number of aryl methyl sites for hydroxylation is 1. The molecule has 0 aliphatic carbocycles. The van der Waals surface area contributed by atoms with E-state index in [4.69, 9.17) is 5.11 Å². The lowest BCUT2D eigenvalue weighted by molar-refractivity contribution is -0.117. The Kier molecular flexibility index (Phi) is 3.96. The average Bonchev–Trinajstić information content (AvgIpc) is 2.94. The molecule has 0 atom stereocenters. The summed E-state index contributed by atoms with van der Waals surface area (Å²) in [5.74, 6) is 0. The van der Waals surface area contributed by atoms with E-state index in [0.717, 1.165) is 21.6 Å². The van der Waals surface area contributed by atoms with Crippen molar-refractivity contribution in [2.45, 2.75) is 20.5 Å². The van der Waals surface area contributed by atoms with Gasteiger partial charge in [0.2, 0.25) is 6.41 Å². The summed E-state index contributed by atoms with van der Waals surface area (Å²) in [6.45, 7) is 4.30. The molecule has 0 spiro atoms. The molecule has 2 aromatic rings. The van der Waals surface area contributed by atoms with Crippen molar-refractivity contribution in [2.75, 3.05) is 6.54 Å². The Balaban J connectivity index is 2.49. The van der Waals surface area contributed by atoms with Crippen molar-refractivity contribution in [3.05, 3.63) is 16.3 Å². The molecule has 0 bridgehead atoms. The van der Waals surface area contributed by atoms with Crippen molar-refractivity contribution < 1.29 is 9.90 Å². The highest BCUT2D eigenvalue weighted by molar-refractivity contribution is 7.19. The molecule has 2 rings (SSSR count). The highest BCUT2D eigenvalue weighted by Gasteiger charge is 2.15. The standard InChI is InChI=1S/C12H16N4O2S/c1-4-16(7-18)13-5-9-8(2)15(3)12-11(9)19-10(6-17)14-12/h5,7,17H,4,6H2,1-3H3/b13-5-. The lowest BCUT2D eigenvalue weighted by atomic mass is 10.3. The molecule has 0 fully saturated rings. The summed E-state index contributed by atoms with van der Waals surface area (Å²) < 4.78 is 2.94. The molecule has 0 unspecified atom stereocenters. The van der Waals surface area contributed by atoms with E-state index in [2.05, 4.69) is 10.1 Å². The van der Waals surface area contributed by atoms with E-state index in [-0.39, 0.29) is 6.61 Å². The van der Waals surface area contributed by atoms with Gasteiger partial charge < -0.3 is 9.67 Å². The molecule has 102 valence electrons. The third-order valence-electron chi connectivity index (χ3n) is 3.02. The molecule has 0 aromatic carbocycles. The predicted molar refractivity (Wildman–Crippen MR) is 75.3 cm³/mol. The fraction of sp³-hybridized carbons (Fsp3) is 0.417. The summed E-state index contributed by atoms with van der Waals surface area (Å²) in [6.07, 6.45) is 2.37. The van der Waals surface area contributed by atoms with Crippen LogP contribution in [0.4, 0.5) is 0 Å². The first-order valence-electron chi connectivity index (χ1n) is 5.93. The first kappa shape index (κ1) is 13.7. The number of thiazole rings is 1. The number of aromatic nitrogens is 2. The minimum absolute atomic E-state index is 0.0651. The van der Waals surface area contributed by atoms with E-state index < -0.39 is 0 Å². The van der Waals surface area contributed by atoms with Crippen molar-refractivity contribution in [1.29, 1.82) is 0 Å². The van der Waals surface area contributed by atoms with E-state index in [1.54, 1.807) is 6.21 Å². The van der Waals surface area contributed by atoms with Gasteiger partial charge in [0.15, 0.2) is 5.65 Å². The van der Waals surface area contributed by atoms with Gasteiger partial charge >= 0.3 is 0 Å². The van der Waals surface area contributed by atoms with Crippen LogP contribution in [0.25, 0.3) is 10.3 Å². The Morgan fingerprint density at radius 3 is 2.89 bits per heavy atom. The molecular weight excluding hydrogens is 264 g/mol. The Labute approximate surface area is 115 Å². The van der Waals surface area contributed by atoms with Gasteiger partial charge in [0.1, 0.15) is 5.01 Å². The lowest BCUT2D eigenvalue weighted by Crippen LogP contribution is -2.14. The van der Waals surface area contributed by atoms with Gasteiger partial charge in [0.25, 0.3) is 0 Å².